The van der Waals surface area contributed by atoms with Gasteiger partial charge in [-0.15, -0.1) is 21.8 Å². The minimum absolute atomic E-state index is 0.165. The first-order valence-electron chi connectivity index (χ1n) is 10.4. The van der Waals surface area contributed by atoms with Gasteiger partial charge in [0.25, 0.3) is 0 Å². The lowest BCUT2D eigenvalue weighted by Gasteiger charge is -2.42. The highest BCUT2D eigenvalue weighted by Gasteiger charge is 2.50. The van der Waals surface area contributed by atoms with Gasteiger partial charge in [-0.3, -0.25) is 9.69 Å². The van der Waals surface area contributed by atoms with Crippen LogP contribution in [0.4, 0.5) is 16.5 Å². The van der Waals surface area contributed by atoms with Crippen LogP contribution in [0.3, 0.4) is 0 Å². The van der Waals surface area contributed by atoms with E-state index in [1.165, 1.54) is 16.2 Å². The molecule has 0 N–H and O–H groups in total. The van der Waals surface area contributed by atoms with E-state index in [0.29, 0.717) is 16.7 Å². The molecule has 2 aliphatic rings. The number of carbonyl (C=O) groups is 1. The summed E-state index contributed by atoms with van der Waals surface area (Å²) in [6.07, 6.45) is 0. The first-order valence-corrected chi connectivity index (χ1v) is 13.6. The van der Waals surface area contributed by atoms with E-state index in [0.717, 1.165) is 31.3 Å². The molecule has 1 fully saturated rings. The monoisotopic (exact) mass is 588 g/mol. The van der Waals surface area contributed by atoms with Gasteiger partial charge in [-0.05, 0) is 42.0 Å². The number of β-lactam (4-membered cyclic amide) rings is 1. The van der Waals surface area contributed by atoms with Crippen LogP contribution in [-0.4, -0.2) is 21.5 Å². The average Bonchev–Trinajstić information content (AvgIpc) is 3.30. The second-order valence-corrected chi connectivity index (χ2v) is 11.7. The zero-order valence-electron chi connectivity index (χ0n) is 17.4. The lowest BCUT2D eigenvalue weighted by Crippen LogP contribution is -2.56. The van der Waals surface area contributed by atoms with Crippen LogP contribution in [0.5, 0.6) is 0 Å². The molecule has 3 heterocycles. The first-order chi connectivity index (χ1) is 16.5. The van der Waals surface area contributed by atoms with Gasteiger partial charge in [0.2, 0.25) is 11.0 Å². The number of aromatic nitrogens is 2. The highest BCUT2D eigenvalue weighted by Crippen LogP contribution is 2.50. The SMILES string of the molecule is O=C1C(Cl)C(c2ccccc2Br)N1c1nnc(CN2c3ccccc3Sc3ccc(Cl)cc32)s1. The molecule has 34 heavy (non-hydrogen) atoms. The number of para-hydroxylation sites is 1. The van der Waals surface area contributed by atoms with E-state index in [2.05, 4.69) is 43.2 Å². The number of anilines is 3. The number of carbonyl (C=O) groups excluding carboxylic acids is 1. The van der Waals surface area contributed by atoms with Gasteiger partial charge in [-0.2, -0.15) is 0 Å². The molecule has 0 saturated carbocycles. The molecule has 1 saturated heterocycles. The van der Waals surface area contributed by atoms with E-state index < -0.39 is 5.38 Å². The number of amides is 1. The summed E-state index contributed by atoms with van der Waals surface area (Å²) in [6.45, 7) is 0.509. The normalized spacial score (nSPS) is 19.0. The summed E-state index contributed by atoms with van der Waals surface area (Å²) in [6, 6.07) is 21.7. The van der Waals surface area contributed by atoms with Crippen molar-refractivity contribution in [3.8, 4) is 0 Å². The molecule has 3 aromatic carbocycles. The minimum atomic E-state index is -0.633. The van der Waals surface area contributed by atoms with Crippen molar-refractivity contribution < 1.29 is 4.79 Å². The third-order valence-electron chi connectivity index (χ3n) is 5.80. The quantitative estimate of drug-likeness (QED) is 0.183. The van der Waals surface area contributed by atoms with E-state index in [4.69, 9.17) is 23.2 Å². The van der Waals surface area contributed by atoms with Crippen molar-refractivity contribution in [2.45, 2.75) is 27.8 Å². The van der Waals surface area contributed by atoms with Crippen LogP contribution < -0.4 is 9.80 Å². The van der Waals surface area contributed by atoms with Crippen molar-refractivity contribution >= 4 is 84.6 Å². The molecule has 10 heteroatoms. The number of fused-ring (bicyclic) bond motifs is 2. The Balaban J connectivity index is 1.33. The van der Waals surface area contributed by atoms with Crippen molar-refractivity contribution in [3.05, 3.63) is 86.8 Å². The minimum Gasteiger partial charge on any atom is -0.333 e. The number of benzene rings is 3. The Morgan fingerprint density at radius 3 is 2.59 bits per heavy atom. The number of nitrogens with zero attached hydrogens (tertiary/aromatic N) is 4. The Kier molecular flexibility index (Phi) is 5.82. The number of halogens is 3. The molecule has 2 aliphatic heterocycles. The Labute approximate surface area is 222 Å². The van der Waals surface area contributed by atoms with Crippen molar-refractivity contribution in [2.75, 3.05) is 9.80 Å². The van der Waals surface area contributed by atoms with Gasteiger partial charge >= 0.3 is 0 Å². The van der Waals surface area contributed by atoms with E-state index >= 15 is 0 Å². The van der Waals surface area contributed by atoms with Crippen LogP contribution >= 0.6 is 62.2 Å². The molecule has 1 aromatic heterocycles. The molecule has 0 bridgehead atoms. The predicted octanol–water partition coefficient (Wildman–Crippen LogP) is 7.45. The molecular formula is C24H15BrCl2N4OS2. The van der Waals surface area contributed by atoms with Gasteiger partial charge in [0.15, 0.2) is 0 Å². The van der Waals surface area contributed by atoms with Crippen LogP contribution in [0.25, 0.3) is 0 Å². The second-order valence-electron chi connectivity index (χ2n) is 7.82. The van der Waals surface area contributed by atoms with Crippen molar-refractivity contribution in [3.63, 3.8) is 0 Å². The van der Waals surface area contributed by atoms with Gasteiger partial charge < -0.3 is 4.90 Å². The van der Waals surface area contributed by atoms with Crippen LogP contribution in [0, 0.1) is 0 Å². The maximum atomic E-state index is 12.7. The van der Waals surface area contributed by atoms with Gasteiger partial charge in [-0.1, -0.05) is 81.0 Å². The Bertz CT molecular complexity index is 1430. The maximum absolute atomic E-state index is 12.7. The topological polar surface area (TPSA) is 49.3 Å². The summed E-state index contributed by atoms with van der Waals surface area (Å²) in [4.78, 5) is 18.8. The van der Waals surface area contributed by atoms with E-state index in [1.54, 1.807) is 16.7 Å². The standard InChI is InChI=1S/C24H15BrCl2N4OS2/c25-15-6-2-1-5-14(15)22-21(27)23(32)31(22)24-29-28-20(34-24)12-30-16-7-3-4-8-18(16)33-19-10-9-13(26)11-17(19)30/h1-11,21-22H,12H2. The largest absolute Gasteiger partial charge is 0.333 e. The van der Waals surface area contributed by atoms with E-state index in [1.807, 2.05) is 54.6 Å². The van der Waals surface area contributed by atoms with Gasteiger partial charge in [0, 0.05) is 19.3 Å². The fraction of sp³-hybridized carbons (Fsp3) is 0.125. The number of hydrogen-bond donors (Lipinski definition) is 0. The Morgan fingerprint density at radius 2 is 1.74 bits per heavy atom. The highest BCUT2D eigenvalue weighted by molar-refractivity contribution is 9.10. The fourth-order valence-corrected chi connectivity index (χ4v) is 7.18. The highest BCUT2D eigenvalue weighted by atomic mass is 79.9. The smallest absolute Gasteiger partial charge is 0.250 e. The predicted molar refractivity (Wildman–Crippen MR) is 142 cm³/mol. The zero-order chi connectivity index (χ0) is 23.4. The summed E-state index contributed by atoms with van der Waals surface area (Å²) < 4.78 is 0.906. The summed E-state index contributed by atoms with van der Waals surface area (Å²) in [5, 5.41) is 10.2. The van der Waals surface area contributed by atoms with Crippen molar-refractivity contribution in [1.82, 2.24) is 10.2 Å². The first kappa shape index (κ1) is 22.4. The molecule has 6 rings (SSSR count). The van der Waals surface area contributed by atoms with Crippen molar-refractivity contribution in [1.29, 1.82) is 0 Å². The lowest BCUT2D eigenvalue weighted by molar-refractivity contribution is -0.123. The van der Waals surface area contributed by atoms with Gasteiger partial charge in [-0.25, -0.2) is 0 Å². The molecule has 5 nitrogen and oxygen atoms in total. The summed E-state index contributed by atoms with van der Waals surface area (Å²) in [5.41, 5.74) is 3.07. The molecule has 0 aliphatic carbocycles. The lowest BCUT2D eigenvalue weighted by atomic mass is 9.94. The maximum Gasteiger partial charge on any atom is 0.250 e. The summed E-state index contributed by atoms with van der Waals surface area (Å²) >= 11 is 19.5. The number of hydrogen-bond acceptors (Lipinski definition) is 6. The van der Waals surface area contributed by atoms with E-state index in [-0.39, 0.29) is 11.9 Å². The zero-order valence-corrected chi connectivity index (χ0v) is 22.1. The third kappa shape index (κ3) is 3.72. The number of rotatable bonds is 4. The van der Waals surface area contributed by atoms with Crippen molar-refractivity contribution in [2.24, 2.45) is 0 Å². The number of alkyl halides is 1. The Morgan fingerprint density at radius 1 is 0.971 bits per heavy atom. The van der Waals surface area contributed by atoms with Crippen LogP contribution in [0.2, 0.25) is 5.02 Å². The molecule has 2 atom stereocenters. The second kappa shape index (κ2) is 8.84. The third-order valence-corrected chi connectivity index (χ3v) is 9.22. The van der Waals surface area contributed by atoms with Crippen LogP contribution in [-0.2, 0) is 11.3 Å². The fourth-order valence-electron chi connectivity index (χ4n) is 4.19. The van der Waals surface area contributed by atoms with Crippen LogP contribution in [0.1, 0.15) is 16.6 Å². The molecule has 0 spiro atoms. The molecule has 4 aromatic rings. The summed E-state index contributed by atoms with van der Waals surface area (Å²) in [5.74, 6) is -0.165. The summed E-state index contributed by atoms with van der Waals surface area (Å²) in [7, 11) is 0. The molecular weight excluding hydrogens is 575 g/mol. The molecule has 2 unspecified atom stereocenters. The molecule has 170 valence electrons. The van der Waals surface area contributed by atoms with Gasteiger partial charge in [0.05, 0.1) is 24.0 Å². The molecule has 0 radical (unpaired) electrons. The molecule has 1 amide bonds. The van der Waals surface area contributed by atoms with Gasteiger partial charge in [0.1, 0.15) is 10.4 Å². The Hall–Kier alpha value is -2.10. The average molecular weight is 590 g/mol. The van der Waals surface area contributed by atoms with E-state index in [9.17, 15) is 4.79 Å². The van der Waals surface area contributed by atoms with Crippen LogP contribution in [0.15, 0.2) is 81.0 Å².